The number of nitrogens with zero attached hydrogens (tertiary/aromatic N) is 7. The summed E-state index contributed by atoms with van der Waals surface area (Å²) in [6.45, 7) is 2.77. The topological polar surface area (TPSA) is 71.6 Å². The molecule has 5 aromatic rings. The summed E-state index contributed by atoms with van der Waals surface area (Å²) in [5, 5.41) is 8.94. The lowest BCUT2D eigenvalue weighted by Crippen LogP contribution is -2.35. The van der Waals surface area contributed by atoms with E-state index in [1.165, 1.54) is 17.7 Å². The first-order valence-electron chi connectivity index (χ1n) is 15.3. The van der Waals surface area contributed by atoms with E-state index in [1.54, 1.807) is 6.07 Å². The van der Waals surface area contributed by atoms with Crippen molar-refractivity contribution >= 4 is 38.3 Å². The summed E-state index contributed by atoms with van der Waals surface area (Å²) in [4.78, 5) is 27.6. The summed E-state index contributed by atoms with van der Waals surface area (Å²) in [6, 6.07) is 23.4. The largest absolute Gasteiger partial charge is 0.340 e. The minimum Gasteiger partial charge on any atom is -0.340 e. The van der Waals surface area contributed by atoms with Crippen molar-refractivity contribution in [2.24, 2.45) is 4.99 Å². The standard InChI is InChI=1S/C35H36FN7OS/c1-40(2)30-13-15-41(22-30)33(44)23-45-16-14-31-34(37-24-42(35(31)45)20-25-7-4-3-5-8-25)39-29-11-12-32-27(18-29)19-38-43(32)21-26-9-6-10-28(36)17-26/h3-12,16-19,24,30H,13-15,20-23H2,1-2H3. The van der Waals surface area contributed by atoms with Crippen LogP contribution in [0.5, 0.6) is 0 Å². The molecule has 8 nitrogen and oxygen atoms in total. The average molecular weight is 622 g/mol. The van der Waals surface area contributed by atoms with Crippen LogP contribution >= 0.6 is 10.5 Å². The molecule has 0 radical (unpaired) electrons. The molecule has 1 saturated heterocycles. The summed E-state index contributed by atoms with van der Waals surface area (Å²) < 4.78 is 17.8. The molecule has 2 atom stereocenters. The van der Waals surface area contributed by atoms with E-state index in [2.05, 4.69) is 46.2 Å². The van der Waals surface area contributed by atoms with Crippen LogP contribution < -0.4 is 5.49 Å². The fourth-order valence-corrected chi connectivity index (χ4v) is 8.34. The fourth-order valence-electron chi connectivity index (χ4n) is 6.21. The number of aromatic nitrogens is 4. The number of likely N-dealkylation sites (N-methyl/N-ethyl adjacent to an activating group) is 1. The minimum atomic E-state index is -0.351. The Morgan fingerprint density at radius 1 is 1.04 bits per heavy atom. The number of hydrogen-bond donors (Lipinski definition) is 0. The van der Waals surface area contributed by atoms with Crippen molar-refractivity contribution < 1.29 is 9.18 Å². The summed E-state index contributed by atoms with van der Waals surface area (Å²) >= 11 is 0. The van der Waals surface area contributed by atoms with Crippen LogP contribution in [-0.2, 0) is 24.3 Å². The highest BCUT2D eigenvalue weighted by Crippen LogP contribution is 2.34. The molecule has 4 heterocycles. The van der Waals surface area contributed by atoms with Crippen molar-refractivity contribution in [1.29, 1.82) is 0 Å². The van der Waals surface area contributed by atoms with E-state index in [0.29, 0.717) is 30.4 Å². The van der Waals surface area contributed by atoms with Gasteiger partial charge in [0.25, 0.3) is 0 Å². The van der Waals surface area contributed by atoms with Gasteiger partial charge in [-0.05, 0) is 62.0 Å². The third-order valence-electron chi connectivity index (χ3n) is 8.65. The Bertz CT molecular complexity index is 1980. The predicted octanol–water partition coefficient (Wildman–Crippen LogP) is 4.85. The Labute approximate surface area is 264 Å². The van der Waals surface area contributed by atoms with E-state index < -0.39 is 0 Å². The van der Waals surface area contributed by atoms with Crippen LogP contribution in [0.25, 0.3) is 10.9 Å². The molecule has 1 amide bonds. The molecule has 2 aromatic heterocycles. The number of fused-ring (bicyclic) bond motifs is 2. The molecule has 2 aliphatic rings. The molecule has 0 aliphatic carbocycles. The molecular weight excluding hydrogens is 585 g/mol. The first-order chi connectivity index (χ1) is 21.9. The molecule has 0 bridgehead atoms. The number of carbonyl (C=O) groups excluding carboxylic acids is 1. The minimum absolute atomic E-state index is 0.217. The molecule has 1 fully saturated rings. The highest BCUT2D eigenvalue weighted by molar-refractivity contribution is 8.15. The van der Waals surface area contributed by atoms with Crippen LogP contribution in [0.2, 0.25) is 0 Å². The van der Waals surface area contributed by atoms with Gasteiger partial charge in [-0.3, -0.25) is 9.48 Å². The van der Waals surface area contributed by atoms with Crippen LogP contribution in [0.1, 0.15) is 23.1 Å². The lowest BCUT2D eigenvalue weighted by molar-refractivity contribution is -0.127. The van der Waals surface area contributed by atoms with Gasteiger partial charge in [-0.2, -0.15) is 5.10 Å². The predicted molar refractivity (Wildman–Crippen MR) is 177 cm³/mol. The second-order valence-electron chi connectivity index (χ2n) is 11.9. The van der Waals surface area contributed by atoms with Gasteiger partial charge in [0, 0.05) is 43.0 Å². The molecule has 0 N–H and O–H groups in total. The van der Waals surface area contributed by atoms with Crippen molar-refractivity contribution in [3.05, 3.63) is 113 Å². The van der Waals surface area contributed by atoms with Gasteiger partial charge in [0.1, 0.15) is 5.82 Å². The number of rotatable bonds is 8. The number of carbonyl (C=O) groups is 1. The van der Waals surface area contributed by atoms with Gasteiger partial charge in [-0.25, -0.2) is 14.4 Å². The van der Waals surface area contributed by atoms with Gasteiger partial charge in [0.2, 0.25) is 5.91 Å². The molecule has 0 spiro atoms. The molecule has 45 heavy (non-hydrogen) atoms. The SMILES string of the molecule is CN(C)C1CCN(C(=O)CS2=CCc3c2n(Cc2ccccc2)cnc3=Nc2ccc3c(cnn3Cc3cccc(F)c3)c2)C1. The van der Waals surface area contributed by atoms with E-state index >= 15 is 0 Å². The van der Waals surface area contributed by atoms with Gasteiger partial charge in [-0.15, -0.1) is 10.5 Å². The summed E-state index contributed by atoms with van der Waals surface area (Å²) in [5.74, 6) is 0.438. The molecule has 3 aromatic carbocycles. The monoisotopic (exact) mass is 621 g/mol. The number of likely N-dealkylation sites (tertiary alicyclic amines) is 1. The van der Waals surface area contributed by atoms with Gasteiger partial charge in [0.05, 0.1) is 41.1 Å². The molecule has 10 heteroatoms. The fraction of sp³-hybridized carbons (Fsp3) is 0.286. The Morgan fingerprint density at radius 2 is 1.89 bits per heavy atom. The average Bonchev–Trinajstić information content (AvgIpc) is 3.79. The number of benzene rings is 3. The zero-order valence-electron chi connectivity index (χ0n) is 25.5. The molecular formula is C35H36FN7OS. The Hall–Kier alpha value is -4.41. The van der Waals surface area contributed by atoms with Crippen LogP contribution in [0.15, 0.2) is 95.3 Å². The summed E-state index contributed by atoms with van der Waals surface area (Å²) in [5.41, 5.74) is 5.56. The normalized spacial score (nSPS) is 18.1. The van der Waals surface area contributed by atoms with Crippen molar-refractivity contribution in [3.8, 4) is 0 Å². The lowest BCUT2D eigenvalue weighted by Gasteiger charge is -2.22. The smallest absolute Gasteiger partial charge is 0.232 e. The molecule has 7 rings (SSSR count). The van der Waals surface area contributed by atoms with E-state index in [9.17, 15) is 9.18 Å². The third kappa shape index (κ3) is 6.25. The highest BCUT2D eigenvalue weighted by Gasteiger charge is 2.29. The second-order valence-corrected chi connectivity index (χ2v) is 13.8. The zero-order chi connectivity index (χ0) is 30.9. The van der Waals surface area contributed by atoms with Gasteiger partial charge >= 0.3 is 0 Å². The summed E-state index contributed by atoms with van der Waals surface area (Å²) in [7, 11) is 3.82. The molecule has 2 unspecified atom stereocenters. The quantitative estimate of drug-likeness (QED) is 0.184. The van der Waals surface area contributed by atoms with Gasteiger partial charge in [0.15, 0.2) is 5.49 Å². The third-order valence-corrected chi connectivity index (χ3v) is 10.8. The number of amides is 1. The van der Waals surface area contributed by atoms with Crippen molar-refractivity contribution in [2.45, 2.75) is 37.0 Å². The Balaban J connectivity index is 1.20. The van der Waals surface area contributed by atoms with E-state index in [1.807, 2.05) is 64.6 Å². The highest BCUT2D eigenvalue weighted by atomic mass is 32.2. The van der Waals surface area contributed by atoms with Gasteiger partial charge in [-0.1, -0.05) is 47.8 Å². The van der Waals surface area contributed by atoms with E-state index in [4.69, 9.17) is 9.98 Å². The summed E-state index contributed by atoms with van der Waals surface area (Å²) in [6.07, 6.45) is 5.44. The first-order valence-corrected chi connectivity index (χ1v) is 16.7. The Morgan fingerprint density at radius 3 is 2.69 bits per heavy atom. The van der Waals surface area contributed by atoms with Crippen LogP contribution in [0.3, 0.4) is 0 Å². The van der Waals surface area contributed by atoms with E-state index in [-0.39, 0.29) is 22.2 Å². The maximum absolute atomic E-state index is 13.7. The van der Waals surface area contributed by atoms with Crippen LogP contribution in [0.4, 0.5) is 10.1 Å². The molecule has 230 valence electrons. The van der Waals surface area contributed by atoms with Crippen molar-refractivity contribution in [2.75, 3.05) is 32.9 Å². The zero-order valence-corrected chi connectivity index (χ0v) is 26.3. The Kier molecular flexibility index (Phi) is 8.16. The number of hydrogen-bond acceptors (Lipinski definition) is 5. The van der Waals surface area contributed by atoms with Crippen molar-refractivity contribution in [3.63, 3.8) is 0 Å². The van der Waals surface area contributed by atoms with E-state index in [0.717, 1.165) is 58.7 Å². The van der Waals surface area contributed by atoms with Crippen molar-refractivity contribution in [1.82, 2.24) is 29.1 Å². The number of halogens is 1. The molecule has 0 saturated carbocycles. The maximum atomic E-state index is 13.7. The van der Waals surface area contributed by atoms with Crippen LogP contribution in [-0.4, -0.2) is 79.4 Å². The van der Waals surface area contributed by atoms with Crippen LogP contribution in [0, 0.1) is 5.82 Å². The molecule has 2 aliphatic heterocycles. The second kappa shape index (κ2) is 12.5. The van der Waals surface area contributed by atoms with Gasteiger partial charge < -0.3 is 14.4 Å². The first kappa shape index (κ1) is 29.3. The lowest BCUT2D eigenvalue weighted by atomic mass is 10.2. The maximum Gasteiger partial charge on any atom is 0.232 e.